The average Bonchev–Trinajstić information content (AvgIpc) is 3.16. The van der Waals surface area contributed by atoms with Crippen molar-refractivity contribution < 1.29 is 13.2 Å². The monoisotopic (exact) mass is 363 g/mol. The minimum absolute atomic E-state index is 0.0764. The summed E-state index contributed by atoms with van der Waals surface area (Å²) in [5, 5.41) is 11.8. The molecule has 1 amide bonds. The predicted molar refractivity (Wildman–Crippen MR) is 92.3 cm³/mol. The molecule has 9 heteroatoms. The lowest BCUT2D eigenvalue weighted by Gasteiger charge is -2.25. The Morgan fingerprint density at radius 3 is 2.68 bits per heavy atom. The molecule has 4 heterocycles. The van der Waals surface area contributed by atoms with Crippen LogP contribution in [0.1, 0.15) is 47.3 Å². The van der Waals surface area contributed by atoms with E-state index >= 15 is 0 Å². The molecule has 8 nitrogen and oxygen atoms in total. The number of hydrogen-bond acceptors (Lipinski definition) is 5. The van der Waals surface area contributed by atoms with Gasteiger partial charge < -0.3 is 5.32 Å². The Hall–Kier alpha value is -2.16. The fourth-order valence-electron chi connectivity index (χ4n) is 3.93. The van der Waals surface area contributed by atoms with E-state index in [-0.39, 0.29) is 29.4 Å². The van der Waals surface area contributed by atoms with Gasteiger partial charge in [-0.25, -0.2) is 13.1 Å². The average molecular weight is 363 g/mol. The molecule has 4 rings (SSSR count). The van der Waals surface area contributed by atoms with E-state index in [1.807, 2.05) is 20.9 Å². The number of amides is 1. The number of aromatic nitrogens is 4. The van der Waals surface area contributed by atoms with E-state index in [1.54, 1.807) is 15.6 Å². The number of nitrogens with one attached hydrogen (secondary N) is 1. The molecule has 2 atom stereocenters. The molecule has 0 aromatic carbocycles. The quantitative estimate of drug-likeness (QED) is 0.860. The summed E-state index contributed by atoms with van der Waals surface area (Å²) in [6.07, 6.45) is 2.68. The van der Waals surface area contributed by atoms with Crippen molar-refractivity contribution in [2.75, 3.05) is 16.8 Å². The Morgan fingerprint density at radius 2 is 2.08 bits per heavy atom. The molecule has 0 aliphatic carbocycles. The second-order valence-electron chi connectivity index (χ2n) is 6.96. The highest BCUT2D eigenvalue weighted by molar-refractivity contribution is 7.91. The summed E-state index contributed by atoms with van der Waals surface area (Å²) in [5.74, 6) is 0.702. The second-order valence-corrected chi connectivity index (χ2v) is 9.19. The molecular formula is C16H21N5O3S. The van der Waals surface area contributed by atoms with Crippen LogP contribution < -0.4 is 5.32 Å². The van der Waals surface area contributed by atoms with E-state index in [2.05, 4.69) is 15.5 Å². The zero-order valence-corrected chi connectivity index (χ0v) is 15.3. The topological polar surface area (TPSA) is 98.9 Å². The van der Waals surface area contributed by atoms with Crippen LogP contribution in [0.3, 0.4) is 0 Å². The maximum atomic E-state index is 12.3. The van der Waals surface area contributed by atoms with E-state index in [4.69, 9.17) is 0 Å². The van der Waals surface area contributed by atoms with Crippen LogP contribution in [0.2, 0.25) is 0 Å². The third-order valence-corrected chi connectivity index (χ3v) is 7.08. The van der Waals surface area contributed by atoms with Gasteiger partial charge in [-0.1, -0.05) is 0 Å². The van der Waals surface area contributed by atoms with Crippen molar-refractivity contribution in [1.82, 2.24) is 19.6 Å². The van der Waals surface area contributed by atoms with E-state index in [9.17, 15) is 13.2 Å². The Balaban J connectivity index is 1.83. The number of nitrogens with zero attached hydrogens (tertiary/aromatic N) is 4. The number of carbonyl (C=O) groups is 1. The second kappa shape index (κ2) is 5.42. The fourth-order valence-corrected chi connectivity index (χ4v) is 5.62. The van der Waals surface area contributed by atoms with Crippen molar-refractivity contribution in [2.45, 2.75) is 38.6 Å². The SMILES string of the molecule is Cc1nn([C@@H]2CCS(=O)(=O)C2)c2c1[C@H](c1cnn(C)c1C)CC(=O)N2. The maximum absolute atomic E-state index is 12.3. The Bertz CT molecular complexity index is 972. The van der Waals surface area contributed by atoms with Crippen molar-refractivity contribution in [3.05, 3.63) is 28.7 Å². The Kier molecular flexibility index (Phi) is 3.54. The maximum Gasteiger partial charge on any atom is 0.226 e. The van der Waals surface area contributed by atoms with Crippen LogP contribution in [0.5, 0.6) is 0 Å². The summed E-state index contributed by atoms with van der Waals surface area (Å²) in [4.78, 5) is 12.3. The number of sulfone groups is 1. The van der Waals surface area contributed by atoms with Gasteiger partial charge >= 0.3 is 0 Å². The lowest BCUT2D eigenvalue weighted by molar-refractivity contribution is -0.116. The molecule has 2 aliphatic rings. The molecule has 134 valence electrons. The summed E-state index contributed by atoms with van der Waals surface area (Å²) in [5.41, 5.74) is 3.83. The van der Waals surface area contributed by atoms with Crippen LogP contribution >= 0.6 is 0 Å². The zero-order valence-electron chi connectivity index (χ0n) is 14.5. The first-order chi connectivity index (χ1) is 11.8. The van der Waals surface area contributed by atoms with Crippen LogP contribution in [0.4, 0.5) is 5.82 Å². The van der Waals surface area contributed by atoms with Crippen LogP contribution in [0.25, 0.3) is 0 Å². The van der Waals surface area contributed by atoms with Gasteiger partial charge in [-0.2, -0.15) is 10.2 Å². The number of fused-ring (bicyclic) bond motifs is 1. The molecule has 2 aliphatic heterocycles. The fraction of sp³-hybridized carbons (Fsp3) is 0.562. The number of anilines is 1. The number of hydrogen-bond donors (Lipinski definition) is 1. The van der Waals surface area contributed by atoms with E-state index in [1.165, 1.54) is 0 Å². The molecule has 1 fully saturated rings. The van der Waals surface area contributed by atoms with Crippen molar-refractivity contribution in [2.24, 2.45) is 7.05 Å². The molecule has 0 bridgehead atoms. The molecule has 0 radical (unpaired) electrons. The largest absolute Gasteiger partial charge is 0.311 e. The molecule has 25 heavy (non-hydrogen) atoms. The van der Waals surface area contributed by atoms with E-state index in [0.717, 1.165) is 22.5 Å². The summed E-state index contributed by atoms with van der Waals surface area (Å²) in [6, 6.07) is -0.221. The van der Waals surface area contributed by atoms with Gasteiger partial charge in [-0.15, -0.1) is 0 Å². The summed E-state index contributed by atoms with van der Waals surface area (Å²) in [7, 11) is -1.15. The minimum atomic E-state index is -3.03. The van der Waals surface area contributed by atoms with Crippen molar-refractivity contribution in [3.8, 4) is 0 Å². The van der Waals surface area contributed by atoms with Crippen LogP contribution in [0, 0.1) is 13.8 Å². The predicted octanol–water partition coefficient (Wildman–Crippen LogP) is 1.07. The lowest BCUT2D eigenvalue weighted by atomic mass is 9.86. The number of carbonyl (C=O) groups excluding carboxylic acids is 1. The van der Waals surface area contributed by atoms with Gasteiger partial charge in [0.05, 0.1) is 29.4 Å². The first kappa shape index (κ1) is 16.3. The first-order valence-corrected chi connectivity index (χ1v) is 10.2. The first-order valence-electron chi connectivity index (χ1n) is 8.34. The number of rotatable bonds is 2. The van der Waals surface area contributed by atoms with Crippen LogP contribution in [-0.2, 0) is 21.7 Å². The van der Waals surface area contributed by atoms with Gasteiger partial charge in [0.25, 0.3) is 0 Å². The normalized spacial score (nSPS) is 25.0. The smallest absolute Gasteiger partial charge is 0.226 e. The Morgan fingerprint density at radius 1 is 1.32 bits per heavy atom. The molecule has 0 spiro atoms. The van der Waals surface area contributed by atoms with Crippen molar-refractivity contribution in [3.63, 3.8) is 0 Å². The van der Waals surface area contributed by atoms with Gasteiger partial charge in [-0.3, -0.25) is 9.48 Å². The molecular weight excluding hydrogens is 342 g/mol. The Labute approximate surface area is 146 Å². The van der Waals surface area contributed by atoms with Crippen LogP contribution in [-0.4, -0.2) is 45.4 Å². The van der Waals surface area contributed by atoms with E-state index < -0.39 is 9.84 Å². The minimum Gasteiger partial charge on any atom is -0.311 e. The van der Waals surface area contributed by atoms with Crippen LogP contribution in [0.15, 0.2) is 6.20 Å². The molecule has 1 saturated heterocycles. The standard InChI is InChI=1S/C16H21N5O3S/c1-9-15-12(13-7-17-20(3)10(13)2)6-14(22)18-16(15)21(19-9)11-4-5-25(23,24)8-11/h7,11-12H,4-6,8H2,1-3H3,(H,18,22)/t11-,12+/m1/s1. The highest BCUT2D eigenvalue weighted by Gasteiger charge is 2.38. The summed E-state index contributed by atoms with van der Waals surface area (Å²) >= 11 is 0. The van der Waals surface area contributed by atoms with Gasteiger partial charge in [-0.05, 0) is 20.3 Å². The van der Waals surface area contributed by atoms with E-state index in [0.29, 0.717) is 18.7 Å². The zero-order chi connectivity index (χ0) is 17.9. The molecule has 0 unspecified atom stereocenters. The third-order valence-electron chi connectivity index (χ3n) is 5.33. The molecule has 1 N–H and O–H groups in total. The van der Waals surface area contributed by atoms with Gasteiger partial charge in [0, 0.05) is 36.2 Å². The van der Waals surface area contributed by atoms with Gasteiger partial charge in [0.2, 0.25) is 5.91 Å². The number of aryl methyl sites for hydroxylation is 2. The van der Waals surface area contributed by atoms with Crippen molar-refractivity contribution >= 4 is 21.6 Å². The molecule has 2 aromatic heterocycles. The summed E-state index contributed by atoms with van der Waals surface area (Å²) in [6.45, 7) is 3.90. The summed E-state index contributed by atoms with van der Waals surface area (Å²) < 4.78 is 27.2. The third kappa shape index (κ3) is 2.57. The highest BCUT2D eigenvalue weighted by atomic mass is 32.2. The molecule has 0 saturated carbocycles. The lowest BCUT2D eigenvalue weighted by Crippen LogP contribution is -2.26. The highest BCUT2D eigenvalue weighted by Crippen LogP contribution is 2.42. The van der Waals surface area contributed by atoms with Gasteiger partial charge in [0.15, 0.2) is 9.84 Å². The van der Waals surface area contributed by atoms with Crippen molar-refractivity contribution in [1.29, 1.82) is 0 Å². The molecule has 2 aromatic rings. The van der Waals surface area contributed by atoms with Gasteiger partial charge in [0.1, 0.15) is 5.82 Å².